The Kier molecular flexibility index (Phi) is 8.63. The summed E-state index contributed by atoms with van der Waals surface area (Å²) >= 11 is 0. The predicted octanol–water partition coefficient (Wildman–Crippen LogP) is 3.79. The van der Waals surface area contributed by atoms with Crippen LogP contribution in [0.5, 0.6) is 5.75 Å². The second kappa shape index (κ2) is 11.4. The van der Waals surface area contributed by atoms with Gasteiger partial charge in [-0.1, -0.05) is 19.1 Å². The summed E-state index contributed by atoms with van der Waals surface area (Å²) in [6.45, 7) is 7.52. The van der Waals surface area contributed by atoms with Crippen LogP contribution in [0.3, 0.4) is 0 Å². The van der Waals surface area contributed by atoms with Gasteiger partial charge in [-0.05, 0) is 42.7 Å². The average molecular weight is 472 g/mol. The number of anilines is 1. The number of hydrogen-bond acceptors (Lipinski definition) is 5. The molecule has 1 N–H and O–H groups in total. The van der Waals surface area contributed by atoms with Gasteiger partial charge >= 0.3 is 0 Å². The monoisotopic (exact) mass is 471 g/mol. The summed E-state index contributed by atoms with van der Waals surface area (Å²) in [5, 5.41) is 2.74. The summed E-state index contributed by atoms with van der Waals surface area (Å²) in [4.78, 5) is 28.6. The van der Waals surface area contributed by atoms with E-state index in [4.69, 9.17) is 9.47 Å². The molecule has 1 heterocycles. The molecule has 0 radical (unpaired) electrons. The van der Waals surface area contributed by atoms with Crippen LogP contribution >= 0.6 is 0 Å². The maximum atomic E-state index is 13.8. The second-order valence-electron chi connectivity index (χ2n) is 9.05. The smallest absolute Gasteiger partial charge is 0.257 e. The molecule has 2 aromatic carbocycles. The normalized spacial score (nSPS) is 22.2. The van der Waals surface area contributed by atoms with E-state index in [9.17, 15) is 14.0 Å². The molecule has 0 aromatic heterocycles. The van der Waals surface area contributed by atoms with E-state index in [0.717, 1.165) is 5.56 Å². The van der Waals surface area contributed by atoms with Crippen LogP contribution in [-0.2, 0) is 16.1 Å². The highest BCUT2D eigenvalue weighted by molar-refractivity contribution is 5.98. The number of likely N-dealkylation sites (N-methyl/N-ethyl adjacent to an activating group) is 1. The summed E-state index contributed by atoms with van der Waals surface area (Å²) in [6, 6.07) is 11.6. The number of hydrogen-bond donors (Lipinski definition) is 1. The number of amides is 2. The predicted molar refractivity (Wildman–Crippen MR) is 129 cm³/mol. The first-order valence-electron chi connectivity index (χ1n) is 11.5. The van der Waals surface area contributed by atoms with Crippen molar-refractivity contribution in [1.82, 2.24) is 9.80 Å². The largest absolute Gasteiger partial charge is 0.491 e. The first kappa shape index (κ1) is 25.6. The van der Waals surface area contributed by atoms with Gasteiger partial charge in [-0.15, -0.1) is 0 Å². The first-order chi connectivity index (χ1) is 16.2. The van der Waals surface area contributed by atoms with Crippen LogP contribution in [0.15, 0.2) is 42.5 Å². The van der Waals surface area contributed by atoms with Gasteiger partial charge in [-0.25, -0.2) is 4.39 Å². The number of carbonyl (C=O) groups is 2. The van der Waals surface area contributed by atoms with Crippen molar-refractivity contribution >= 4 is 17.5 Å². The van der Waals surface area contributed by atoms with Gasteiger partial charge in [0.2, 0.25) is 5.91 Å². The zero-order valence-corrected chi connectivity index (χ0v) is 20.5. The van der Waals surface area contributed by atoms with E-state index in [1.807, 2.05) is 13.0 Å². The van der Waals surface area contributed by atoms with Gasteiger partial charge in [0, 0.05) is 58.5 Å². The molecule has 0 bridgehead atoms. The molecule has 0 unspecified atom stereocenters. The Labute approximate surface area is 200 Å². The van der Waals surface area contributed by atoms with Crippen LogP contribution in [0.25, 0.3) is 0 Å². The summed E-state index contributed by atoms with van der Waals surface area (Å²) in [5.74, 6) is -0.134. The third-order valence-electron chi connectivity index (χ3n) is 6.17. The van der Waals surface area contributed by atoms with Crippen LogP contribution < -0.4 is 10.1 Å². The zero-order valence-electron chi connectivity index (χ0n) is 20.5. The van der Waals surface area contributed by atoms with E-state index >= 15 is 0 Å². The molecule has 34 heavy (non-hydrogen) atoms. The van der Waals surface area contributed by atoms with Gasteiger partial charge in [-0.2, -0.15) is 0 Å². The van der Waals surface area contributed by atoms with Crippen molar-refractivity contribution in [2.24, 2.45) is 5.92 Å². The Morgan fingerprint density at radius 1 is 1.21 bits per heavy atom. The van der Waals surface area contributed by atoms with E-state index in [0.29, 0.717) is 43.2 Å². The molecule has 8 heteroatoms. The summed E-state index contributed by atoms with van der Waals surface area (Å²) in [7, 11) is 3.40. The summed E-state index contributed by atoms with van der Waals surface area (Å²) < 4.78 is 25.7. The molecule has 0 spiro atoms. The number of halogens is 1. The Balaban J connectivity index is 1.95. The minimum absolute atomic E-state index is 0.0345. The Morgan fingerprint density at radius 3 is 2.65 bits per heavy atom. The topological polar surface area (TPSA) is 71.1 Å². The molecular formula is C26H34FN3O4. The van der Waals surface area contributed by atoms with E-state index < -0.39 is 0 Å². The maximum Gasteiger partial charge on any atom is 0.257 e. The van der Waals surface area contributed by atoms with E-state index in [2.05, 4.69) is 17.1 Å². The number of benzene rings is 2. The molecule has 0 fully saturated rings. The molecule has 7 nitrogen and oxygen atoms in total. The van der Waals surface area contributed by atoms with Gasteiger partial charge in [-0.3, -0.25) is 14.5 Å². The zero-order chi connectivity index (χ0) is 24.8. The third-order valence-corrected chi connectivity index (χ3v) is 6.17. The number of nitrogens with zero attached hydrogens (tertiary/aromatic N) is 2. The van der Waals surface area contributed by atoms with Crippen molar-refractivity contribution in [3.8, 4) is 5.75 Å². The van der Waals surface area contributed by atoms with Crippen LogP contribution in [-0.4, -0.2) is 67.6 Å². The number of ether oxygens (including phenoxy) is 2. The van der Waals surface area contributed by atoms with Gasteiger partial charge in [0.1, 0.15) is 18.2 Å². The quantitative estimate of drug-likeness (QED) is 0.735. The highest BCUT2D eigenvalue weighted by atomic mass is 19.1. The van der Waals surface area contributed by atoms with Gasteiger partial charge in [0.15, 0.2) is 0 Å². The molecule has 1 aliphatic rings. The van der Waals surface area contributed by atoms with E-state index in [-0.39, 0.29) is 35.7 Å². The van der Waals surface area contributed by atoms with Crippen LogP contribution in [0.2, 0.25) is 0 Å². The van der Waals surface area contributed by atoms with Crippen molar-refractivity contribution in [3.05, 3.63) is 59.4 Å². The van der Waals surface area contributed by atoms with Crippen molar-refractivity contribution < 1.29 is 23.5 Å². The molecule has 3 rings (SSSR count). The van der Waals surface area contributed by atoms with Gasteiger partial charge in [0.25, 0.3) is 5.91 Å². The first-order valence-corrected chi connectivity index (χ1v) is 11.5. The third kappa shape index (κ3) is 6.55. The minimum atomic E-state index is -0.266. The lowest BCUT2D eigenvalue weighted by molar-refractivity contribution is -0.114. The fraction of sp³-hybridized carbons (Fsp3) is 0.462. The van der Waals surface area contributed by atoms with E-state index in [1.54, 1.807) is 49.4 Å². The van der Waals surface area contributed by atoms with Crippen molar-refractivity contribution in [3.63, 3.8) is 0 Å². The molecule has 1 aliphatic heterocycles. The second-order valence-corrected chi connectivity index (χ2v) is 9.05. The van der Waals surface area contributed by atoms with Crippen LogP contribution in [0.1, 0.15) is 36.7 Å². The van der Waals surface area contributed by atoms with Crippen LogP contribution in [0.4, 0.5) is 10.1 Å². The summed E-state index contributed by atoms with van der Waals surface area (Å²) in [6.07, 6.45) is -0.182. The molecule has 2 amide bonds. The fourth-order valence-corrected chi connectivity index (χ4v) is 4.22. The number of fused-ring (bicyclic) bond motifs is 1. The highest BCUT2D eigenvalue weighted by Crippen LogP contribution is 2.27. The lowest BCUT2D eigenvalue weighted by Gasteiger charge is -2.36. The lowest BCUT2D eigenvalue weighted by atomic mass is 10.0. The molecule has 0 saturated heterocycles. The standard InChI is InChI=1S/C26H34FN3O4/c1-17-13-30(14-20-7-6-8-21(27)11-20)18(2)16-34-24-12-22(28-19(3)31)9-10-23(24)26(32)29(4)15-25(17)33-5/h6-12,17-18,25H,13-16H2,1-5H3,(H,28,31)/t17-,18-,25-/m0/s1. The highest BCUT2D eigenvalue weighted by Gasteiger charge is 2.28. The van der Waals surface area contributed by atoms with Gasteiger partial charge < -0.3 is 19.7 Å². The number of rotatable bonds is 4. The molecule has 0 aliphatic carbocycles. The minimum Gasteiger partial charge on any atom is -0.491 e. The Bertz CT molecular complexity index is 1020. The SMILES string of the molecule is CO[C@H]1CN(C)C(=O)c2ccc(NC(C)=O)cc2OC[C@H](C)N(Cc2cccc(F)c2)C[C@@H]1C. The molecule has 0 saturated carbocycles. The van der Waals surface area contributed by atoms with Crippen molar-refractivity contribution in [2.75, 3.05) is 39.2 Å². The number of carbonyl (C=O) groups excluding carboxylic acids is 2. The van der Waals surface area contributed by atoms with E-state index in [1.165, 1.54) is 13.0 Å². The number of methoxy groups -OCH3 is 1. The fourth-order valence-electron chi connectivity index (χ4n) is 4.22. The summed E-state index contributed by atoms with van der Waals surface area (Å²) in [5.41, 5.74) is 1.85. The number of nitrogens with one attached hydrogen (secondary N) is 1. The van der Waals surface area contributed by atoms with Crippen molar-refractivity contribution in [1.29, 1.82) is 0 Å². The Morgan fingerprint density at radius 2 is 1.97 bits per heavy atom. The molecule has 2 aromatic rings. The lowest BCUT2D eigenvalue weighted by Crippen LogP contribution is -2.46. The average Bonchev–Trinajstić information content (AvgIpc) is 2.79. The molecule has 3 atom stereocenters. The molecular weight excluding hydrogens is 437 g/mol. The van der Waals surface area contributed by atoms with Crippen molar-refractivity contribution in [2.45, 2.75) is 39.5 Å². The Hall–Kier alpha value is -2.97. The van der Waals surface area contributed by atoms with Crippen LogP contribution in [0, 0.1) is 11.7 Å². The maximum absolute atomic E-state index is 13.8. The molecule has 184 valence electrons. The van der Waals surface area contributed by atoms with Gasteiger partial charge in [0.05, 0.1) is 11.7 Å².